The molecule has 0 radical (unpaired) electrons. The maximum absolute atomic E-state index is 3.81. The zero-order valence-electron chi connectivity index (χ0n) is 14.1. The summed E-state index contributed by atoms with van der Waals surface area (Å²) in [5.41, 5.74) is 0.457. The van der Waals surface area contributed by atoms with E-state index in [0.29, 0.717) is 11.5 Å². The Kier molecular flexibility index (Phi) is 5.84. The summed E-state index contributed by atoms with van der Waals surface area (Å²) in [5, 5.41) is 4.60. The Morgan fingerprint density at radius 3 is 2.75 bits per heavy atom. The zero-order valence-corrected chi connectivity index (χ0v) is 14.9. The van der Waals surface area contributed by atoms with E-state index in [1.807, 2.05) is 0 Å². The highest BCUT2D eigenvalue weighted by molar-refractivity contribution is 8.00. The molecule has 3 heteroatoms. The van der Waals surface area contributed by atoms with E-state index < -0.39 is 0 Å². The second-order valence-corrected chi connectivity index (χ2v) is 8.97. The molecule has 1 saturated heterocycles. The van der Waals surface area contributed by atoms with Crippen molar-refractivity contribution in [1.82, 2.24) is 10.2 Å². The molecule has 0 amide bonds. The molecule has 0 aromatic carbocycles. The molecule has 2 nitrogen and oxygen atoms in total. The van der Waals surface area contributed by atoms with E-state index in [9.17, 15) is 0 Å². The van der Waals surface area contributed by atoms with Gasteiger partial charge < -0.3 is 5.32 Å². The summed E-state index contributed by atoms with van der Waals surface area (Å²) < 4.78 is 0. The van der Waals surface area contributed by atoms with E-state index in [4.69, 9.17) is 0 Å². The Morgan fingerprint density at radius 2 is 2.05 bits per heavy atom. The number of nitrogens with zero attached hydrogens (tertiary/aromatic N) is 1. The lowest BCUT2D eigenvalue weighted by atomic mass is 9.67. The van der Waals surface area contributed by atoms with E-state index in [1.54, 1.807) is 0 Å². The van der Waals surface area contributed by atoms with Crippen LogP contribution in [0, 0.1) is 11.3 Å². The summed E-state index contributed by atoms with van der Waals surface area (Å²) in [6.07, 6.45) is 4.20. The Morgan fingerprint density at radius 1 is 1.30 bits per heavy atom. The van der Waals surface area contributed by atoms with Crippen LogP contribution >= 0.6 is 11.8 Å². The zero-order chi connectivity index (χ0) is 14.8. The maximum atomic E-state index is 3.81. The van der Waals surface area contributed by atoms with Crippen LogP contribution in [0.5, 0.6) is 0 Å². The third kappa shape index (κ3) is 3.72. The predicted molar refractivity (Wildman–Crippen MR) is 91.5 cm³/mol. The van der Waals surface area contributed by atoms with Crippen LogP contribution in [0.25, 0.3) is 0 Å². The average Bonchev–Trinajstić information content (AvgIpc) is 2.39. The van der Waals surface area contributed by atoms with Crippen molar-refractivity contribution in [2.75, 3.05) is 25.4 Å². The minimum absolute atomic E-state index is 0.457. The van der Waals surface area contributed by atoms with Gasteiger partial charge in [0, 0.05) is 36.2 Å². The summed E-state index contributed by atoms with van der Waals surface area (Å²) in [5.74, 6) is 2.14. The predicted octanol–water partition coefficient (Wildman–Crippen LogP) is 3.62. The highest BCUT2D eigenvalue weighted by Gasteiger charge is 2.40. The summed E-state index contributed by atoms with van der Waals surface area (Å²) in [6, 6.07) is 1.43. The van der Waals surface area contributed by atoms with Crippen LogP contribution in [0.15, 0.2) is 0 Å². The lowest BCUT2D eigenvalue weighted by Gasteiger charge is -2.48. The van der Waals surface area contributed by atoms with Gasteiger partial charge in [-0.3, -0.25) is 4.90 Å². The lowest BCUT2D eigenvalue weighted by Crippen LogP contribution is -2.55. The minimum atomic E-state index is 0.457. The van der Waals surface area contributed by atoms with Gasteiger partial charge in [-0.05, 0) is 37.6 Å². The highest BCUT2D eigenvalue weighted by Crippen LogP contribution is 2.40. The number of thioether (sulfide) groups is 1. The minimum Gasteiger partial charge on any atom is -0.313 e. The molecule has 20 heavy (non-hydrogen) atoms. The number of rotatable bonds is 4. The average molecular weight is 299 g/mol. The molecule has 1 N–H and O–H groups in total. The first-order valence-electron chi connectivity index (χ1n) is 8.54. The Balaban J connectivity index is 2.02. The van der Waals surface area contributed by atoms with Crippen molar-refractivity contribution in [2.45, 2.75) is 71.2 Å². The molecule has 4 atom stereocenters. The van der Waals surface area contributed by atoms with Crippen LogP contribution in [0.3, 0.4) is 0 Å². The fraction of sp³-hybridized carbons (Fsp3) is 1.00. The second-order valence-electron chi connectivity index (χ2n) is 7.49. The van der Waals surface area contributed by atoms with Gasteiger partial charge in [-0.1, -0.05) is 34.1 Å². The van der Waals surface area contributed by atoms with Crippen molar-refractivity contribution < 1.29 is 0 Å². The molecule has 118 valence electrons. The molecule has 1 heterocycles. The molecule has 4 unspecified atom stereocenters. The molecule has 1 aliphatic heterocycles. The third-order valence-corrected chi connectivity index (χ3v) is 6.95. The topological polar surface area (TPSA) is 15.3 Å². The van der Waals surface area contributed by atoms with E-state index >= 15 is 0 Å². The van der Waals surface area contributed by atoms with Crippen LogP contribution in [0.2, 0.25) is 0 Å². The number of hydrogen-bond donors (Lipinski definition) is 1. The Hall–Kier alpha value is 0.270. The van der Waals surface area contributed by atoms with Crippen molar-refractivity contribution in [3.63, 3.8) is 0 Å². The van der Waals surface area contributed by atoms with Crippen LogP contribution in [0.1, 0.15) is 53.9 Å². The smallest absolute Gasteiger partial charge is 0.0184 e. The van der Waals surface area contributed by atoms with Crippen LogP contribution in [0.4, 0.5) is 0 Å². The van der Waals surface area contributed by atoms with E-state index in [2.05, 4.69) is 56.6 Å². The quantitative estimate of drug-likeness (QED) is 0.853. The third-order valence-electron chi connectivity index (χ3n) is 5.62. The van der Waals surface area contributed by atoms with Crippen molar-refractivity contribution >= 4 is 11.8 Å². The van der Waals surface area contributed by atoms with Crippen LogP contribution in [-0.4, -0.2) is 47.6 Å². The van der Waals surface area contributed by atoms with Gasteiger partial charge in [-0.2, -0.15) is 11.8 Å². The number of hydrogen-bond acceptors (Lipinski definition) is 3. The maximum Gasteiger partial charge on any atom is 0.0184 e. The van der Waals surface area contributed by atoms with Gasteiger partial charge in [-0.15, -0.1) is 0 Å². The largest absolute Gasteiger partial charge is 0.313 e. The molecule has 0 aromatic heterocycles. The summed E-state index contributed by atoms with van der Waals surface area (Å²) >= 11 is 2.15. The molecule has 1 aliphatic carbocycles. The van der Waals surface area contributed by atoms with Gasteiger partial charge in [0.1, 0.15) is 0 Å². The molecule has 0 spiro atoms. The van der Waals surface area contributed by atoms with Crippen LogP contribution < -0.4 is 5.32 Å². The number of nitrogens with one attached hydrogen (secondary N) is 1. The monoisotopic (exact) mass is 298 g/mol. The molecule has 0 bridgehead atoms. The highest BCUT2D eigenvalue weighted by atomic mass is 32.2. The summed E-state index contributed by atoms with van der Waals surface area (Å²) in [4.78, 5) is 2.76. The van der Waals surface area contributed by atoms with Crippen molar-refractivity contribution in [3.05, 3.63) is 0 Å². The first kappa shape index (κ1) is 16.6. The lowest BCUT2D eigenvalue weighted by molar-refractivity contribution is 0.0688. The SMILES string of the molecule is CCNC1C(CN2CCSC(C)C2C)CCCC1(C)C. The second kappa shape index (κ2) is 7.02. The molecule has 2 fully saturated rings. The fourth-order valence-electron chi connectivity index (χ4n) is 4.19. The van der Waals surface area contributed by atoms with Crippen molar-refractivity contribution in [2.24, 2.45) is 11.3 Å². The van der Waals surface area contributed by atoms with E-state index in [-0.39, 0.29) is 0 Å². The molecule has 2 rings (SSSR count). The first-order chi connectivity index (χ1) is 9.45. The van der Waals surface area contributed by atoms with E-state index in [1.165, 1.54) is 38.1 Å². The van der Waals surface area contributed by atoms with Gasteiger partial charge in [0.2, 0.25) is 0 Å². The standard InChI is InChI=1S/C17H34N2S/c1-6-18-16-15(8-7-9-17(16,4)5)12-19-10-11-20-14(3)13(19)2/h13-16,18H,6-12H2,1-5H3. The molecule has 1 saturated carbocycles. The Labute approximate surface area is 130 Å². The molecular weight excluding hydrogens is 264 g/mol. The van der Waals surface area contributed by atoms with E-state index in [0.717, 1.165) is 23.8 Å². The first-order valence-corrected chi connectivity index (χ1v) is 9.59. The summed E-state index contributed by atoms with van der Waals surface area (Å²) in [7, 11) is 0. The fourth-order valence-corrected chi connectivity index (χ4v) is 5.36. The van der Waals surface area contributed by atoms with Crippen molar-refractivity contribution in [3.8, 4) is 0 Å². The van der Waals surface area contributed by atoms with Gasteiger partial charge in [0.05, 0.1) is 0 Å². The molecular formula is C17H34N2S. The van der Waals surface area contributed by atoms with Gasteiger partial charge in [0.15, 0.2) is 0 Å². The Bertz CT molecular complexity index is 305. The van der Waals surface area contributed by atoms with Gasteiger partial charge in [0.25, 0.3) is 0 Å². The van der Waals surface area contributed by atoms with Gasteiger partial charge in [-0.25, -0.2) is 0 Å². The normalized spacial score (nSPS) is 38.9. The van der Waals surface area contributed by atoms with Gasteiger partial charge >= 0.3 is 0 Å². The van der Waals surface area contributed by atoms with Crippen molar-refractivity contribution in [1.29, 1.82) is 0 Å². The molecule has 2 aliphatic rings. The molecule has 0 aromatic rings. The van der Waals surface area contributed by atoms with Crippen LogP contribution in [-0.2, 0) is 0 Å². The summed E-state index contributed by atoms with van der Waals surface area (Å²) in [6.45, 7) is 15.7.